The molecule has 1 heterocycles. The van der Waals surface area contributed by atoms with Crippen molar-refractivity contribution < 1.29 is 14.3 Å². The van der Waals surface area contributed by atoms with Crippen LogP contribution >= 0.6 is 0 Å². The molecule has 8 nitrogen and oxygen atoms in total. The number of para-hydroxylation sites is 1. The zero-order chi connectivity index (χ0) is 22.5. The van der Waals surface area contributed by atoms with Crippen molar-refractivity contribution >= 4 is 23.3 Å². The number of anilines is 2. The molecule has 8 heteroatoms. The monoisotopic (exact) mass is 419 g/mol. The SMILES string of the molecule is Cc1cc(C)nc(Oc2ccc(NC(=O)NC(=O)c3ccccc3N(C)C)cc2C)n1. The highest BCUT2D eigenvalue weighted by Crippen LogP contribution is 2.26. The van der Waals surface area contributed by atoms with Crippen molar-refractivity contribution in [2.24, 2.45) is 0 Å². The maximum atomic E-state index is 12.5. The molecule has 0 atom stereocenters. The van der Waals surface area contributed by atoms with Gasteiger partial charge in [0, 0.05) is 36.9 Å². The molecule has 0 aliphatic heterocycles. The van der Waals surface area contributed by atoms with Gasteiger partial charge in [-0.25, -0.2) is 14.8 Å². The summed E-state index contributed by atoms with van der Waals surface area (Å²) in [7, 11) is 3.67. The van der Waals surface area contributed by atoms with Gasteiger partial charge in [-0.15, -0.1) is 0 Å². The van der Waals surface area contributed by atoms with Crippen LogP contribution in [0.4, 0.5) is 16.2 Å². The molecule has 3 amide bonds. The second-order valence-corrected chi connectivity index (χ2v) is 7.34. The summed E-state index contributed by atoms with van der Waals surface area (Å²) in [5.41, 5.74) is 4.07. The van der Waals surface area contributed by atoms with Gasteiger partial charge in [0.1, 0.15) is 5.75 Å². The standard InChI is InChI=1S/C23H25N5O3/c1-14-12-17(10-11-20(14)31-23-24-15(2)13-16(3)25-23)26-22(30)27-21(29)18-8-6-7-9-19(18)28(4)5/h6-13H,1-5H3,(H2,26,27,29,30). The lowest BCUT2D eigenvalue weighted by atomic mass is 10.1. The van der Waals surface area contributed by atoms with E-state index < -0.39 is 11.9 Å². The number of hydrogen-bond donors (Lipinski definition) is 2. The van der Waals surface area contributed by atoms with E-state index in [4.69, 9.17) is 4.74 Å². The largest absolute Gasteiger partial charge is 0.424 e. The molecule has 2 N–H and O–H groups in total. The van der Waals surface area contributed by atoms with Crippen LogP contribution in [0.15, 0.2) is 48.5 Å². The van der Waals surface area contributed by atoms with Gasteiger partial charge in [-0.3, -0.25) is 10.1 Å². The minimum absolute atomic E-state index is 0.268. The van der Waals surface area contributed by atoms with Gasteiger partial charge in [0.2, 0.25) is 0 Å². The van der Waals surface area contributed by atoms with Crippen LogP contribution in [0.5, 0.6) is 11.8 Å². The van der Waals surface area contributed by atoms with Gasteiger partial charge in [0.15, 0.2) is 0 Å². The molecule has 3 rings (SSSR count). The molecule has 0 saturated heterocycles. The maximum absolute atomic E-state index is 12.5. The molecule has 31 heavy (non-hydrogen) atoms. The van der Waals surface area contributed by atoms with Crippen LogP contribution in [-0.4, -0.2) is 36.0 Å². The quantitative estimate of drug-likeness (QED) is 0.643. The van der Waals surface area contributed by atoms with Crippen molar-refractivity contribution in [1.29, 1.82) is 0 Å². The average Bonchev–Trinajstić information content (AvgIpc) is 2.69. The Morgan fingerprint density at radius 2 is 1.61 bits per heavy atom. The van der Waals surface area contributed by atoms with Crippen LogP contribution < -0.4 is 20.3 Å². The van der Waals surface area contributed by atoms with E-state index in [0.29, 0.717) is 17.0 Å². The smallest absolute Gasteiger partial charge is 0.326 e. The zero-order valence-corrected chi connectivity index (χ0v) is 18.2. The number of benzene rings is 2. The number of amides is 3. The first-order chi connectivity index (χ1) is 14.7. The normalized spacial score (nSPS) is 10.4. The van der Waals surface area contributed by atoms with E-state index in [2.05, 4.69) is 20.6 Å². The van der Waals surface area contributed by atoms with E-state index in [-0.39, 0.29) is 6.01 Å². The highest BCUT2D eigenvalue weighted by molar-refractivity contribution is 6.10. The molecular weight excluding hydrogens is 394 g/mol. The Morgan fingerprint density at radius 3 is 2.26 bits per heavy atom. The fourth-order valence-electron chi connectivity index (χ4n) is 3.07. The fourth-order valence-corrected chi connectivity index (χ4v) is 3.07. The predicted octanol–water partition coefficient (Wildman–Crippen LogP) is 4.22. The van der Waals surface area contributed by atoms with E-state index in [1.807, 2.05) is 58.0 Å². The van der Waals surface area contributed by atoms with Crippen molar-refractivity contribution in [2.75, 3.05) is 24.3 Å². The molecule has 0 fully saturated rings. The summed E-state index contributed by atoms with van der Waals surface area (Å²) in [6, 6.07) is 13.7. The summed E-state index contributed by atoms with van der Waals surface area (Å²) in [6.45, 7) is 5.59. The van der Waals surface area contributed by atoms with Crippen molar-refractivity contribution in [2.45, 2.75) is 20.8 Å². The first-order valence-corrected chi connectivity index (χ1v) is 9.72. The van der Waals surface area contributed by atoms with Gasteiger partial charge in [0.25, 0.3) is 5.91 Å². The van der Waals surface area contributed by atoms with Crippen molar-refractivity contribution in [3.05, 3.63) is 71.0 Å². The van der Waals surface area contributed by atoms with Crippen LogP contribution in [0.3, 0.4) is 0 Å². The predicted molar refractivity (Wildman–Crippen MR) is 120 cm³/mol. The Morgan fingerprint density at radius 1 is 0.935 bits per heavy atom. The topological polar surface area (TPSA) is 96.4 Å². The van der Waals surface area contributed by atoms with E-state index in [9.17, 15) is 9.59 Å². The summed E-state index contributed by atoms with van der Waals surface area (Å²) < 4.78 is 5.78. The lowest BCUT2D eigenvalue weighted by Gasteiger charge is -2.16. The summed E-state index contributed by atoms with van der Waals surface area (Å²) in [6.07, 6.45) is 0. The Hall–Kier alpha value is -3.94. The van der Waals surface area contributed by atoms with E-state index in [1.54, 1.807) is 30.3 Å². The minimum Gasteiger partial charge on any atom is -0.424 e. The summed E-state index contributed by atoms with van der Waals surface area (Å²) in [5, 5.41) is 5.03. The third-order valence-corrected chi connectivity index (χ3v) is 4.45. The molecular formula is C23H25N5O3. The summed E-state index contributed by atoms with van der Waals surface area (Å²) in [4.78, 5) is 35.2. The number of aryl methyl sites for hydroxylation is 3. The lowest BCUT2D eigenvalue weighted by molar-refractivity contribution is 0.0967. The molecule has 0 aliphatic carbocycles. The molecule has 160 valence electrons. The Labute approximate surface area is 181 Å². The van der Waals surface area contributed by atoms with Crippen molar-refractivity contribution in [3.63, 3.8) is 0 Å². The fraction of sp³-hybridized carbons (Fsp3) is 0.217. The van der Waals surface area contributed by atoms with Gasteiger partial charge in [0.05, 0.1) is 5.56 Å². The zero-order valence-electron chi connectivity index (χ0n) is 18.2. The molecule has 0 aliphatic rings. The Balaban J connectivity index is 1.67. The number of urea groups is 1. The van der Waals surface area contributed by atoms with Crippen LogP contribution in [0.2, 0.25) is 0 Å². The number of rotatable bonds is 5. The van der Waals surface area contributed by atoms with Gasteiger partial charge in [-0.2, -0.15) is 0 Å². The Kier molecular flexibility index (Phi) is 6.49. The number of hydrogen-bond acceptors (Lipinski definition) is 6. The van der Waals surface area contributed by atoms with Crippen LogP contribution in [-0.2, 0) is 0 Å². The number of ether oxygens (including phenoxy) is 1. The van der Waals surface area contributed by atoms with Gasteiger partial charge >= 0.3 is 12.0 Å². The minimum atomic E-state index is -0.621. The summed E-state index contributed by atoms with van der Waals surface area (Å²) >= 11 is 0. The molecule has 0 saturated carbocycles. The number of aromatic nitrogens is 2. The molecule has 0 unspecified atom stereocenters. The van der Waals surface area contributed by atoms with Gasteiger partial charge in [-0.05, 0) is 62.7 Å². The maximum Gasteiger partial charge on any atom is 0.326 e. The van der Waals surface area contributed by atoms with Crippen LogP contribution in [0, 0.1) is 20.8 Å². The first-order valence-electron chi connectivity index (χ1n) is 9.72. The van der Waals surface area contributed by atoms with Crippen molar-refractivity contribution in [1.82, 2.24) is 15.3 Å². The van der Waals surface area contributed by atoms with Crippen molar-refractivity contribution in [3.8, 4) is 11.8 Å². The first kappa shape index (κ1) is 21.8. The molecule has 3 aromatic rings. The number of carbonyl (C=O) groups is 2. The second kappa shape index (κ2) is 9.25. The van der Waals surface area contributed by atoms with Crippen LogP contribution in [0.25, 0.3) is 0 Å². The molecule has 0 spiro atoms. The van der Waals surface area contributed by atoms with Crippen LogP contribution in [0.1, 0.15) is 27.3 Å². The molecule has 2 aromatic carbocycles. The average molecular weight is 419 g/mol. The third kappa shape index (κ3) is 5.57. The van der Waals surface area contributed by atoms with E-state index in [1.165, 1.54) is 0 Å². The number of imide groups is 1. The number of nitrogens with one attached hydrogen (secondary N) is 2. The number of nitrogens with zero attached hydrogens (tertiary/aromatic N) is 3. The lowest BCUT2D eigenvalue weighted by Crippen LogP contribution is -2.35. The van der Waals surface area contributed by atoms with Gasteiger partial charge in [-0.1, -0.05) is 12.1 Å². The number of carbonyl (C=O) groups excluding carboxylic acids is 2. The third-order valence-electron chi connectivity index (χ3n) is 4.45. The van der Waals surface area contributed by atoms with Gasteiger partial charge < -0.3 is 15.0 Å². The highest BCUT2D eigenvalue weighted by Gasteiger charge is 2.15. The highest BCUT2D eigenvalue weighted by atomic mass is 16.5. The molecule has 0 bridgehead atoms. The van der Waals surface area contributed by atoms with E-state index in [0.717, 1.165) is 22.6 Å². The molecule has 0 radical (unpaired) electrons. The molecule has 1 aromatic heterocycles. The van der Waals surface area contributed by atoms with E-state index >= 15 is 0 Å². The summed E-state index contributed by atoms with van der Waals surface area (Å²) in [5.74, 6) is 0.0948. The second-order valence-electron chi connectivity index (χ2n) is 7.34. The Bertz CT molecular complexity index is 1110.